The van der Waals surface area contributed by atoms with Crippen molar-refractivity contribution in [2.45, 2.75) is 24.5 Å². The zero-order valence-electron chi connectivity index (χ0n) is 17.9. The molecule has 1 radical (unpaired) electrons. The Morgan fingerprint density at radius 3 is 2.88 bits per heavy atom. The van der Waals surface area contributed by atoms with Gasteiger partial charge in [-0.15, -0.1) is 0 Å². The van der Waals surface area contributed by atoms with E-state index < -0.39 is 21.7 Å². The van der Waals surface area contributed by atoms with Gasteiger partial charge in [-0.3, -0.25) is 0 Å². The molecule has 0 unspecified atom stereocenters. The van der Waals surface area contributed by atoms with Crippen molar-refractivity contribution in [3.8, 4) is 5.75 Å². The first-order chi connectivity index (χ1) is 16.0. The third kappa shape index (κ3) is 5.29. The number of aromatic nitrogens is 2. The summed E-state index contributed by atoms with van der Waals surface area (Å²) < 4.78 is 6.41. The number of ether oxygens (including phenoxy) is 1. The molecule has 2 amide bonds. The van der Waals surface area contributed by atoms with Crippen LogP contribution in [-0.2, 0) is 16.4 Å². The van der Waals surface area contributed by atoms with Crippen LogP contribution in [0.15, 0.2) is 42.6 Å². The van der Waals surface area contributed by atoms with E-state index >= 15 is 0 Å². The van der Waals surface area contributed by atoms with Crippen LogP contribution in [0.4, 0.5) is 17.3 Å². The van der Waals surface area contributed by atoms with Crippen LogP contribution in [-0.4, -0.2) is 44.6 Å². The first kappa shape index (κ1) is 23.1. The van der Waals surface area contributed by atoms with Crippen LogP contribution in [0.25, 0.3) is 0 Å². The van der Waals surface area contributed by atoms with E-state index in [1.165, 1.54) is 0 Å². The van der Waals surface area contributed by atoms with E-state index in [0.717, 1.165) is 34.1 Å². The molecule has 8 nitrogen and oxygen atoms in total. The van der Waals surface area contributed by atoms with Gasteiger partial charge in [0.25, 0.3) is 0 Å². The predicted octanol–water partition coefficient (Wildman–Crippen LogP) is 2.79. The van der Waals surface area contributed by atoms with Crippen molar-refractivity contribution in [2.75, 3.05) is 17.7 Å². The standard InChI is InChI=1S/C23H22AsClN5O3/c1-33-20-15-7-4-8-19(31)28-17(15)9-10-18(20)29-23-27-12-16(25)21(30-23)24-11-13-5-2-3-6-14(13)22(26)32/h2-3,5-6,9-10,12H,4,7-8,11H2,1H3,(H2,26,32)(H,28,31)(H,27,29,30). The maximum absolute atomic E-state index is 11.9. The molecular weight excluding hydrogens is 505 g/mol. The molecule has 2 heterocycles. The molecule has 33 heavy (non-hydrogen) atoms. The number of benzene rings is 2. The molecule has 0 spiro atoms. The second-order valence-corrected chi connectivity index (χ2v) is 10.0. The van der Waals surface area contributed by atoms with Crippen molar-refractivity contribution in [1.82, 2.24) is 9.97 Å². The van der Waals surface area contributed by atoms with Gasteiger partial charge in [0, 0.05) is 0 Å². The molecule has 1 aliphatic rings. The summed E-state index contributed by atoms with van der Waals surface area (Å²) in [6.45, 7) is 0. The second kappa shape index (κ2) is 10.2. The summed E-state index contributed by atoms with van der Waals surface area (Å²) in [4.78, 5) is 32.5. The summed E-state index contributed by atoms with van der Waals surface area (Å²) >= 11 is 5.89. The molecule has 4 N–H and O–H groups in total. The Morgan fingerprint density at radius 1 is 1.27 bits per heavy atom. The summed E-state index contributed by atoms with van der Waals surface area (Å²) in [5.41, 5.74) is 9.29. The number of nitrogens with one attached hydrogen (secondary N) is 2. The first-order valence-corrected chi connectivity index (χ1v) is 12.9. The van der Waals surface area contributed by atoms with Crippen LogP contribution in [0.2, 0.25) is 5.02 Å². The van der Waals surface area contributed by atoms with Gasteiger partial charge in [0.15, 0.2) is 0 Å². The van der Waals surface area contributed by atoms with Gasteiger partial charge in [-0.1, -0.05) is 0 Å². The van der Waals surface area contributed by atoms with Crippen molar-refractivity contribution in [1.29, 1.82) is 0 Å². The van der Waals surface area contributed by atoms with E-state index in [1.807, 2.05) is 24.3 Å². The van der Waals surface area contributed by atoms with Crippen molar-refractivity contribution in [3.05, 3.63) is 64.3 Å². The number of primary amides is 1. The Morgan fingerprint density at radius 2 is 2.09 bits per heavy atom. The van der Waals surface area contributed by atoms with E-state index in [-0.39, 0.29) is 5.91 Å². The fourth-order valence-electron chi connectivity index (χ4n) is 3.67. The number of anilines is 3. The summed E-state index contributed by atoms with van der Waals surface area (Å²) in [6.07, 6.45) is 3.52. The minimum atomic E-state index is -0.477. The number of fused-ring (bicyclic) bond motifs is 1. The number of halogens is 1. The van der Waals surface area contributed by atoms with E-state index in [0.29, 0.717) is 39.6 Å². The topological polar surface area (TPSA) is 119 Å². The molecule has 10 heteroatoms. The molecule has 3 aromatic rings. The number of nitrogens with zero attached hydrogens (tertiary/aromatic N) is 2. The monoisotopic (exact) mass is 526 g/mol. The van der Waals surface area contributed by atoms with Crippen molar-refractivity contribution in [2.24, 2.45) is 5.73 Å². The summed E-state index contributed by atoms with van der Waals surface area (Å²) in [5, 5.41) is 7.27. The first-order valence-electron chi connectivity index (χ1n) is 10.3. The van der Waals surface area contributed by atoms with Gasteiger partial charge in [0.1, 0.15) is 0 Å². The van der Waals surface area contributed by atoms with Crippen LogP contribution in [0, 0.1) is 0 Å². The van der Waals surface area contributed by atoms with E-state index in [9.17, 15) is 9.59 Å². The van der Waals surface area contributed by atoms with Crippen LogP contribution in [0.1, 0.15) is 34.3 Å². The quantitative estimate of drug-likeness (QED) is 0.407. The molecule has 1 aromatic heterocycles. The fraction of sp³-hybridized carbons (Fsp3) is 0.217. The summed E-state index contributed by atoms with van der Waals surface area (Å²) in [6, 6.07) is 11.0. The van der Waals surface area contributed by atoms with Crippen LogP contribution >= 0.6 is 11.6 Å². The Bertz CT molecular complexity index is 1220. The SMILES string of the molecule is COc1c(Nc2ncc(Cl)c([As]Cc3ccccc3C(N)=O)n2)ccc2c1CCCC(=O)N2. The molecule has 169 valence electrons. The fourth-order valence-corrected chi connectivity index (χ4v) is 6.11. The van der Waals surface area contributed by atoms with E-state index in [1.54, 1.807) is 25.4 Å². The number of nitrogens with two attached hydrogens (primary N) is 1. The number of hydrogen-bond donors (Lipinski definition) is 3. The van der Waals surface area contributed by atoms with Crippen LogP contribution < -0.4 is 25.6 Å². The number of carbonyl (C=O) groups is 2. The summed E-state index contributed by atoms with van der Waals surface area (Å²) in [5.74, 6) is 0.597. The van der Waals surface area contributed by atoms with Gasteiger partial charge in [-0.2, -0.15) is 0 Å². The predicted molar refractivity (Wildman–Crippen MR) is 129 cm³/mol. The third-order valence-electron chi connectivity index (χ3n) is 5.22. The Labute approximate surface area is 203 Å². The summed E-state index contributed by atoms with van der Waals surface area (Å²) in [7, 11) is 1.60. The Balaban J connectivity index is 1.57. The number of hydrogen-bond acceptors (Lipinski definition) is 6. The average molecular weight is 527 g/mol. The Kier molecular flexibility index (Phi) is 7.16. The molecule has 0 atom stereocenters. The molecule has 0 saturated carbocycles. The van der Waals surface area contributed by atoms with Crippen LogP contribution in [0.3, 0.4) is 0 Å². The van der Waals surface area contributed by atoms with Gasteiger partial charge >= 0.3 is 203 Å². The molecule has 0 saturated heterocycles. The average Bonchev–Trinajstić information content (AvgIpc) is 3.00. The molecule has 1 aliphatic heterocycles. The van der Waals surface area contributed by atoms with Gasteiger partial charge in [0.2, 0.25) is 0 Å². The third-order valence-corrected chi connectivity index (χ3v) is 8.18. The zero-order valence-corrected chi connectivity index (χ0v) is 20.5. The second-order valence-electron chi connectivity index (χ2n) is 7.40. The molecular formula is C23H22AsClN5O3. The van der Waals surface area contributed by atoms with E-state index in [4.69, 9.17) is 22.1 Å². The van der Waals surface area contributed by atoms with Gasteiger partial charge in [-0.25, -0.2) is 0 Å². The Hall–Kier alpha value is -3.09. The normalized spacial score (nSPS) is 13.3. The molecule has 0 aliphatic carbocycles. The van der Waals surface area contributed by atoms with Crippen molar-refractivity contribution < 1.29 is 14.3 Å². The van der Waals surface area contributed by atoms with Crippen molar-refractivity contribution in [3.63, 3.8) is 0 Å². The zero-order chi connectivity index (χ0) is 23.4. The maximum atomic E-state index is 11.9. The van der Waals surface area contributed by atoms with Gasteiger partial charge in [0.05, 0.1) is 0 Å². The van der Waals surface area contributed by atoms with Crippen molar-refractivity contribution >= 4 is 61.0 Å². The van der Waals surface area contributed by atoms with Gasteiger partial charge in [-0.05, 0) is 0 Å². The minimum absolute atomic E-state index is 0.00319. The van der Waals surface area contributed by atoms with Crippen LogP contribution in [0.5, 0.6) is 5.75 Å². The van der Waals surface area contributed by atoms with E-state index in [2.05, 4.69) is 20.6 Å². The number of amides is 2. The molecule has 2 aromatic carbocycles. The number of carbonyl (C=O) groups excluding carboxylic acids is 2. The van der Waals surface area contributed by atoms with Gasteiger partial charge < -0.3 is 0 Å². The molecule has 4 rings (SSSR count). The number of methoxy groups -OCH3 is 1. The molecule has 0 fully saturated rings. The number of rotatable bonds is 7. The molecule has 0 bridgehead atoms.